The highest BCUT2D eigenvalue weighted by atomic mass is 35.5. The number of carbonyl (C=O) groups is 1. The van der Waals surface area contributed by atoms with Gasteiger partial charge in [0, 0.05) is 15.6 Å². The summed E-state index contributed by atoms with van der Waals surface area (Å²) in [6.45, 7) is -0.257. The van der Waals surface area contributed by atoms with Gasteiger partial charge < -0.3 is 0 Å². The number of hydrogen-bond donors (Lipinski definition) is 2. The number of rotatable bonds is 7. The van der Waals surface area contributed by atoms with Crippen molar-refractivity contribution in [3.8, 4) is 0 Å². The van der Waals surface area contributed by atoms with Crippen LogP contribution in [0.5, 0.6) is 0 Å². The van der Waals surface area contributed by atoms with E-state index >= 15 is 0 Å². The van der Waals surface area contributed by atoms with Crippen molar-refractivity contribution in [2.75, 3.05) is 19.9 Å². The van der Waals surface area contributed by atoms with Crippen molar-refractivity contribution in [3.63, 3.8) is 0 Å². The molecule has 0 saturated carbocycles. The summed E-state index contributed by atoms with van der Waals surface area (Å²) >= 11 is 12.2. The number of guanidine groups is 1. The summed E-state index contributed by atoms with van der Waals surface area (Å²) in [5.74, 6) is -0.409. The molecule has 1 atom stereocenters. The highest BCUT2D eigenvalue weighted by Gasteiger charge is 2.27. The van der Waals surface area contributed by atoms with E-state index in [2.05, 4.69) is 5.32 Å². The molecule has 1 aromatic rings. The van der Waals surface area contributed by atoms with E-state index in [9.17, 15) is 13.2 Å². The monoisotopic (exact) mass is 383 g/mol. The van der Waals surface area contributed by atoms with Crippen LogP contribution >= 0.6 is 23.2 Å². The van der Waals surface area contributed by atoms with E-state index in [1.165, 1.54) is 19.2 Å². The minimum absolute atomic E-state index is 0.192. The van der Waals surface area contributed by atoms with E-state index in [4.69, 9.17) is 37.6 Å². The largest absolute Gasteiger partial charge is 0.298 e. The topological polar surface area (TPSA) is 109 Å². The molecular formula is C12H15Cl2N3O5S. The number of hydrogen-bond acceptors (Lipinski definition) is 6. The van der Waals surface area contributed by atoms with Crippen LogP contribution in [-0.4, -0.2) is 45.8 Å². The molecule has 11 heteroatoms. The second kappa shape index (κ2) is 8.46. The maximum Gasteiger partial charge on any atom is 0.265 e. The second-order valence-electron chi connectivity index (χ2n) is 4.28. The Morgan fingerprint density at radius 1 is 1.43 bits per heavy atom. The molecule has 0 aliphatic heterocycles. The Bertz CT molecular complexity index is 663. The zero-order valence-corrected chi connectivity index (χ0v) is 14.6. The van der Waals surface area contributed by atoms with Crippen molar-refractivity contribution in [2.45, 2.75) is 6.10 Å². The molecule has 23 heavy (non-hydrogen) atoms. The quantitative estimate of drug-likeness (QED) is 0.243. The molecule has 0 aromatic heterocycles. The molecule has 0 fully saturated rings. The van der Waals surface area contributed by atoms with Crippen LogP contribution in [0.1, 0.15) is 11.7 Å². The summed E-state index contributed by atoms with van der Waals surface area (Å²) in [6, 6.07) is 4.64. The number of nitrogens with one attached hydrogen (secondary N) is 2. The number of amides is 1. The van der Waals surface area contributed by atoms with Gasteiger partial charge in [-0.25, -0.2) is 5.06 Å². The minimum Gasteiger partial charge on any atom is -0.298 e. The van der Waals surface area contributed by atoms with Gasteiger partial charge in [-0.1, -0.05) is 29.3 Å². The highest BCUT2D eigenvalue weighted by Crippen LogP contribution is 2.33. The van der Waals surface area contributed by atoms with Crippen LogP contribution in [0.3, 0.4) is 0 Å². The van der Waals surface area contributed by atoms with E-state index in [0.29, 0.717) is 0 Å². The lowest BCUT2D eigenvalue weighted by atomic mass is 10.1. The number of halogens is 2. The van der Waals surface area contributed by atoms with Crippen LogP contribution in [0.4, 0.5) is 0 Å². The van der Waals surface area contributed by atoms with Gasteiger partial charge in [0.15, 0.2) is 0 Å². The van der Waals surface area contributed by atoms with Crippen molar-refractivity contribution in [2.24, 2.45) is 0 Å². The number of hydroxylamine groups is 2. The minimum atomic E-state index is -3.86. The van der Waals surface area contributed by atoms with Gasteiger partial charge in [0.05, 0.1) is 19.9 Å². The van der Waals surface area contributed by atoms with E-state index in [1.807, 2.05) is 0 Å². The van der Waals surface area contributed by atoms with Gasteiger partial charge in [0.2, 0.25) is 12.4 Å². The lowest BCUT2D eigenvalue weighted by Gasteiger charge is -2.27. The molecule has 1 unspecified atom stereocenters. The lowest BCUT2D eigenvalue weighted by Crippen LogP contribution is -2.42. The van der Waals surface area contributed by atoms with Crippen LogP contribution < -0.4 is 5.32 Å². The molecule has 0 bridgehead atoms. The van der Waals surface area contributed by atoms with E-state index in [-0.39, 0.29) is 28.6 Å². The fourth-order valence-electron chi connectivity index (χ4n) is 1.73. The molecule has 0 spiro atoms. The average Bonchev–Trinajstić information content (AvgIpc) is 2.42. The first-order valence-electron chi connectivity index (χ1n) is 6.12. The molecule has 1 amide bonds. The summed E-state index contributed by atoms with van der Waals surface area (Å²) in [4.78, 5) is 15.4. The van der Waals surface area contributed by atoms with Crippen molar-refractivity contribution in [1.82, 2.24) is 10.4 Å². The third-order valence-corrected chi connectivity index (χ3v) is 3.85. The molecule has 1 aromatic carbocycles. The summed E-state index contributed by atoms with van der Waals surface area (Å²) in [5.41, 5.74) is 0.224. The van der Waals surface area contributed by atoms with Gasteiger partial charge in [-0.05, 0) is 12.1 Å². The van der Waals surface area contributed by atoms with Crippen molar-refractivity contribution < 1.29 is 22.2 Å². The Hall–Kier alpha value is -1.39. The molecule has 128 valence electrons. The molecule has 1 rings (SSSR count). The SMILES string of the molecule is CON(CC(OS(C)(=O)=O)c1c(Cl)cccc1Cl)C(=N)NC=O. The summed E-state index contributed by atoms with van der Waals surface area (Å²) in [6.07, 6.45) is 0.0000939. The maximum atomic E-state index is 11.5. The van der Waals surface area contributed by atoms with Crippen molar-refractivity contribution in [1.29, 1.82) is 5.41 Å². The average molecular weight is 384 g/mol. The lowest BCUT2D eigenvalue weighted by molar-refractivity contribution is -0.111. The van der Waals surface area contributed by atoms with Gasteiger partial charge in [-0.2, -0.15) is 8.42 Å². The molecular weight excluding hydrogens is 369 g/mol. The third kappa shape index (κ3) is 5.96. The predicted molar refractivity (Wildman–Crippen MR) is 85.8 cm³/mol. The molecule has 8 nitrogen and oxygen atoms in total. The maximum absolute atomic E-state index is 11.5. The fourth-order valence-corrected chi connectivity index (χ4v) is 2.95. The Morgan fingerprint density at radius 3 is 2.43 bits per heavy atom. The molecule has 0 aliphatic carbocycles. The van der Waals surface area contributed by atoms with Crippen LogP contribution in [0.15, 0.2) is 18.2 Å². The summed E-state index contributed by atoms with van der Waals surface area (Å²) < 4.78 is 28.0. The van der Waals surface area contributed by atoms with Crippen molar-refractivity contribution >= 4 is 45.7 Å². The Balaban J connectivity index is 3.20. The van der Waals surface area contributed by atoms with Crippen LogP contribution in [0, 0.1) is 5.41 Å². The van der Waals surface area contributed by atoms with E-state index in [0.717, 1.165) is 11.3 Å². The zero-order valence-electron chi connectivity index (χ0n) is 12.2. The second-order valence-corrected chi connectivity index (χ2v) is 6.69. The first kappa shape index (κ1) is 19.7. The smallest absolute Gasteiger partial charge is 0.265 e. The normalized spacial score (nSPS) is 12.5. The van der Waals surface area contributed by atoms with Crippen molar-refractivity contribution in [3.05, 3.63) is 33.8 Å². The van der Waals surface area contributed by atoms with E-state index < -0.39 is 22.2 Å². The van der Waals surface area contributed by atoms with Gasteiger partial charge in [-0.3, -0.25) is 24.5 Å². The zero-order chi connectivity index (χ0) is 17.6. The molecule has 0 saturated heterocycles. The summed E-state index contributed by atoms with van der Waals surface area (Å²) in [5, 5.41) is 11.0. The van der Waals surface area contributed by atoms with Gasteiger partial charge in [0.1, 0.15) is 6.10 Å². The van der Waals surface area contributed by atoms with Gasteiger partial charge in [0.25, 0.3) is 10.1 Å². The van der Waals surface area contributed by atoms with Crippen LogP contribution in [-0.2, 0) is 23.9 Å². The Morgan fingerprint density at radius 2 is 2.00 bits per heavy atom. The number of nitrogens with zero attached hydrogens (tertiary/aromatic N) is 1. The molecule has 2 N–H and O–H groups in total. The van der Waals surface area contributed by atoms with E-state index in [1.54, 1.807) is 6.07 Å². The van der Waals surface area contributed by atoms with Gasteiger partial charge in [-0.15, -0.1) is 0 Å². The third-order valence-electron chi connectivity index (χ3n) is 2.61. The Kier molecular flexibility index (Phi) is 7.23. The molecule has 0 heterocycles. The standard InChI is InChI=1S/C12H15Cl2N3O5S/c1-21-17(12(15)16-7-18)6-10(22-23(2,19)20)11-8(13)4-3-5-9(11)14/h3-5,7,10H,6H2,1-2H3,(H2,15,16,18). The first-order valence-corrected chi connectivity index (χ1v) is 8.69. The Labute approximate surface area is 143 Å². The number of benzene rings is 1. The summed E-state index contributed by atoms with van der Waals surface area (Å²) in [7, 11) is -2.61. The molecule has 0 radical (unpaired) electrons. The number of carbonyl (C=O) groups excluding carboxylic acids is 1. The predicted octanol–water partition coefficient (Wildman–Crippen LogP) is 1.55. The van der Waals surface area contributed by atoms with Crippen LogP contribution in [0.25, 0.3) is 0 Å². The highest BCUT2D eigenvalue weighted by molar-refractivity contribution is 7.86. The fraction of sp³-hybridized carbons (Fsp3) is 0.333. The van der Waals surface area contributed by atoms with Crippen LogP contribution in [0.2, 0.25) is 10.0 Å². The molecule has 0 aliphatic rings. The first-order chi connectivity index (χ1) is 10.7. The van der Waals surface area contributed by atoms with Gasteiger partial charge >= 0.3 is 0 Å².